The maximum absolute atomic E-state index is 3.93. The van der Waals surface area contributed by atoms with Crippen molar-refractivity contribution in [2.45, 2.75) is 172 Å². The molecule has 586 valence electrons. The van der Waals surface area contributed by atoms with Crippen molar-refractivity contribution in [2.75, 3.05) is 107 Å². The predicted molar refractivity (Wildman–Crippen MR) is 503 cm³/mol. The van der Waals surface area contributed by atoms with Gasteiger partial charge in [-0.15, -0.1) is 58.9 Å². The largest absolute Gasteiger partial charge is 2.00 e. The number of benzene rings is 8. The van der Waals surface area contributed by atoms with Gasteiger partial charge in [-0.05, 0) is 210 Å². The fourth-order valence-corrected chi connectivity index (χ4v) is 14.9. The van der Waals surface area contributed by atoms with E-state index in [1.807, 2.05) is 91.2 Å². The Morgan fingerprint density at radius 3 is 1.06 bits per heavy atom. The summed E-state index contributed by atoms with van der Waals surface area (Å²) in [6.07, 6.45) is 24.4. The molecule has 5 saturated heterocycles. The Bertz CT molecular complexity index is 3590. The van der Waals surface area contributed by atoms with E-state index in [-0.39, 0.29) is 115 Å². The SMILES string of the molecule is CNCc1cc[c-]cc1.[CH2-]CCCn1c2ccccc2c2ccccc21.[CH2-]CCCn1cc(C)c(C)c1C.[CH2-]CCN1CCCC1.[CH2-]CCN1CCCC1.[CH2-]CCSc1ccccc1.[CH2-]CCSc1ccccc1.[Mg+2].[Mg+2].[Mg+2].[Mg+2].[Mg+2].[c-]1ccc(CN2CCCC2)cc1.[c-]1ccc(N2CCCC2)cc1.[c-]1ccc(N2CCCC2)cc1. The summed E-state index contributed by atoms with van der Waals surface area (Å²) >= 11 is 3.72. The fourth-order valence-electron chi connectivity index (χ4n) is 13.4. The molecule has 5 fully saturated rings. The van der Waals surface area contributed by atoms with Crippen molar-refractivity contribution in [1.29, 1.82) is 0 Å². The number of hydrogen-bond donors (Lipinski definition) is 1. The van der Waals surface area contributed by atoms with Gasteiger partial charge in [-0.2, -0.15) is 136 Å². The molecule has 5 aliphatic heterocycles. The van der Waals surface area contributed by atoms with Gasteiger partial charge in [0.05, 0.1) is 0 Å². The van der Waals surface area contributed by atoms with Crippen LogP contribution in [0.5, 0.6) is 0 Å². The van der Waals surface area contributed by atoms with Crippen LogP contribution in [0.4, 0.5) is 11.4 Å². The monoisotopic (exact) mass is 1600 g/mol. The van der Waals surface area contributed by atoms with Gasteiger partial charge in [0, 0.05) is 89.3 Å². The number of thioether (sulfide) groups is 2. The quantitative estimate of drug-likeness (QED) is 0.0409. The molecule has 8 nitrogen and oxygen atoms in total. The molecule has 2 aromatic heterocycles. The standard InChI is InChI=1S/C16H16N.C11H14N.C11H18N.2C10H12N.2C9H11S.C8H10N.2C7H14N.5Mg/c1-2-3-12-17-15-10-6-4-8-13(15)14-9-5-7-11-16(14)17;1-2-6-11(7-3-1)10-12-8-4-5-9-12;1-5-6-7-12-8-9(2)10(3)11(12)4;2*1-2-6-10(7-3-1)11-8-4-5-9-11;2*1-2-8-10-9-6-4-3-5-7-9;1-9-7-8-5-3-2-4-6-8;2*1-2-5-8-6-3-4-7-8;;;;;/h4-11H,1-3,12H2;2-3,6-7H,4-5,8-10H2;8H,1,5-7H2,2-4H3;2*2-3,6-7H,4-5,8-9H2;2*3-7H,1-2,8H2;3-6,9H,7H2,1H3;2*1-7H2;;;;;/q10*-1;5*+2. The molecule has 113 heavy (non-hydrogen) atoms. The zero-order chi connectivity index (χ0) is 76.7. The van der Waals surface area contributed by atoms with E-state index < -0.39 is 0 Å². The van der Waals surface area contributed by atoms with Crippen molar-refractivity contribution in [1.82, 2.24) is 29.2 Å². The van der Waals surface area contributed by atoms with Crippen LogP contribution in [0.25, 0.3) is 21.8 Å². The van der Waals surface area contributed by atoms with Gasteiger partial charge in [-0.1, -0.05) is 97.0 Å². The van der Waals surface area contributed by atoms with Crippen LogP contribution in [0.1, 0.15) is 144 Å². The van der Waals surface area contributed by atoms with Crippen molar-refractivity contribution < 1.29 is 0 Å². The van der Waals surface area contributed by atoms with Crippen LogP contribution < -0.4 is 15.1 Å². The second-order valence-electron chi connectivity index (χ2n) is 27.9. The number of hydrogen-bond acceptors (Lipinski definition) is 8. The maximum Gasteiger partial charge on any atom is 2.00 e. The molecule has 15 heteroatoms. The zero-order valence-corrected chi connectivity index (χ0v) is 79.1. The minimum Gasteiger partial charge on any atom is -0.393 e. The molecule has 0 unspecified atom stereocenters. The Balaban J connectivity index is 0.000000629. The van der Waals surface area contributed by atoms with E-state index in [4.69, 9.17) is 0 Å². The third-order valence-electron chi connectivity index (χ3n) is 19.4. The number of unbranched alkanes of at least 4 members (excludes halogenated alkanes) is 2. The number of nitrogens with zero attached hydrogens (tertiary/aromatic N) is 7. The Morgan fingerprint density at radius 2 is 0.708 bits per heavy atom. The summed E-state index contributed by atoms with van der Waals surface area (Å²) in [6, 6.07) is 82.8. The molecule has 7 heterocycles. The number of para-hydroxylation sites is 2. The van der Waals surface area contributed by atoms with Gasteiger partial charge in [0.2, 0.25) is 0 Å². The number of aryl methyl sites for hydroxylation is 3. The first-order valence-corrected chi connectivity index (χ1v) is 42.4. The molecule has 0 spiro atoms. The normalized spacial score (nSPS) is 13.8. The molecular weight excluding hydrogens is 1470 g/mol. The summed E-state index contributed by atoms with van der Waals surface area (Å²) in [4.78, 5) is 15.0. The van der Waals surface area contributed by atoms with Crippen LogP contribution in [0.2, 0.25) is 0 Å². The molecule has 15 rings (SSSR count). The summed E-state index contributed by atoms with van der Waals surface area (Å²) < 4.78 is 4.74. The van der Waals surface area contributed by atoms with Gasteiger partial charge in [0.25, 0.3) is 0 Å². The molecule has 0 atom stereocenters. The molecular formula is C98H132Mg5N8S2. The van der Waals surface area contributed by atoms with Gasteiger partial charge < -0.3 is 80.5 Å². The number of likely N-dealkylation sites (tertiary alicyclic amines) is 3. The van der Waals surface area contributed by atoms with E-state index in [1.165, 1.54) is 220 Å². The molecule has 10 aromatic rings. The average Bonchev–Trinajstić information content (AvgIpc) is 1.62. The van der Waals surface area contributed by atoms with Crippen molar-refractivity contribution >= 4 is 172 Å². The second kappa shape index (κ2) is 69.6. The molecule has 8 aromatic carbocycles. The van der Waals surface area contributed by atoms with Crippen LogP contribution in [-0.4, -0.2) is 236 Å². The van der Waals surface area contributed by atoms with E-state index in [1.54, 1.807) is 0 Å². The summed E-state index contributed by atoms with van der Waals surface area (Å²) in [5.74, 6) is 2.23. The Kier molecular flexibility index (Phi) is 66.4. The van der Waals surface area contributed by atoms with E-state index in [0.717, 1.165) is 82.6 Å². The zero-order valence-electron chi connectivity index (χ0n) is 70.4. The minimum absolute atomic E-state index is 0. The van der Waals surface area contributed by atoms with Gasteiger partial charge >= 0.3 is 115 Å². The first kappa shape index (κ1) is 108. The molecule has 1 N–H and O–H groups in total. The van der Waals surface area contributed by atoms with Gasteiger partial charge in [0.1, 0.15) is 0 Å². The fraction of sp³-hybridized carbons (Fsp3) is 0.408. The Labute approximate surface area is 778 Å². The molecule has 0 bridgehead atoms. The molecule has 0 aliphatic carbocycles. The van der Waals surface area contributed by atoms with E-state index in [2.05, 4.69) is 277 Å². The summed E-state index contributed by atoms with van der Waals surface area (Å²) in [6.45, 7) is 48.9. The minimum atomic E-state index is 0. The molecule has 0 saturated carbocycles. The Hall–Kier alpha value is -3.19. The third kappa shape index (κ3) is 44.6. The maximum atomic E-state index is 3.93. The van der Waals surface area contributed by atoms with Crippen molar-refractivity contribution in [3.05, 3.63) is 306 Å². The van der Waals surface area contributed by atoms with Crippen LogP contribution in [0.3, 0.4) is 0 Å². The number of rotatable bonds is 22. The third-order valence-corrected chi connectivity index (χ3v) is 21.6. The summed E-state index contributed by atoms with van der Waals surface area (Å²) in [7, 11) is 1.94. The number of fused-ring (bicyclic) bond motifs is 3. The van der Waals surface area contributed by atoms with Gasteiger partial charge in [0.15, 0.2) is 0 Å². The van der Waals surface area contributed by atoms with Crippen LogP contribution in [0.15, 0.2) is 222 Å². The molecule has 0 radical (unpaired) electrons. The van der Waals surface area contributed by atoms with Crippen LogP contribution in [0, 0.1) is 86.6 Å². The van der Waals surface area contributed by atoms with Crippen LogP contribution >= 0.6 is 23.5 Å². The molecule has 5 aliphatic rings. The van der Waals surface area contributed by atoms with Crippen LogP contribution in [-0.2, 0) is 26.2 Å². The first-order chi connectivity index (χ1) is 53.1. The van der Waals surface area contributed by atoms with Gasteiger partial charge in [-0.25, -0.2) is 0 Å². The number of nitrogens with one attached hydrogen (secondary N) is 1. The van der Waals surface area contributed by atoms with E-state index in [9.17, 15) is 0 Å². The average molecular weight is 1610 g/mol. The smallest absolute Gasteiger partial charge is 0.393 e. The number of anilines is 2. The molecule has 0 amide bonds. The van der Waals surface area contributed by atoms with Crippen molar-refractivity contribution in [3.63, 3.8) is 0 Å². The predicted octanol–water partition coefficient (Wildman–Crippen LogP) is 21.6. The topological polar surface area (TPSA) is 38.1 Å². The van der Waals surface area contributed by atoms with Gasteiger partial charge in [-0.3, -0.25) is 0 Å². The number of aromatic nitrogens is 2. The summed E-state index contributed by atoms with van der Waals surface area (Å²) in [5.41, 5.74) is 12.3. The second-order valence-corrected chi connectivity index (χ2v) is 30.2. The van der Waals surface area contributed by atoms with Crippen molar-refractivity contribution in [2.24, 2.45) is 0 Å². The Morgan fingerprint density at radius 1 is 0.363 bits per heavy atom. The van der Waals surface area contributed by atoms with E-state index in [0.29, 0.717) is 0 Å². The first-order valence-electron chi connectivity index (χ1n) is 40.5. The van der Waals surface area contributed by atoms with Crippen molar-refractivity contribution in [3.8, 4) is 0 Å². The summed E-state index contributed by atoms with van der Waals surface area (Å²) in [5, 5.41) is 5.78. The van der Waals surface area contributed by atoms with E-state index >= 15 is 0 Å².